The van der Waals surface area contributed by atoms with E-state index in [-0.39, 0.29) is 28.9 Å². The number of nitrogens with zero attached hydrogens (tertiary/aromatic N) is 2. The predicted octanol–water partition coefficient (Wildman–Crippen LogP) is 5.45. The van der Waals surface area contributed by atoms with Gasteiger partial charge in [-0.15, -0.1) is 0 Å². The van der Waals surface area contributed by atoms with Crippen molar-refractivity contribution in [1.29, 1.82) is 0 Å². The third-order valence-electron chi connectivity index (χ3n) is 7.65. The molecule has 0 bridgehead atoms. The van der Waals surface area contributed by atoms with E-state index in [0.717, 1.165) is 24.8 Å². The van der Waals surface area contributed by atoms with E-state index in [1.807, 2.05) is 6.92 Å². The number of amides is 1. The highest BCUT2D eigenvalue weighted by Crippen LogP contribution is 2.35. The summed E-state index contributed by atoms with van der Waals surface area (Å²) < 4.78 is 62.4. The summed E-state index contributed by atoms with van der Waals surface area (Å²) in [6.45, 7) is 2.23. The van der Waals surface area contributed by atoms with Crippen molar-refractivity contribution < 1.29 is 26.4 Å². The molecular weight excluding hydrogens is 598 g/mol. The first kappa shape index (κ1) is 30.3. The Morgan fingerprint density at radius 2 is 1.62 bits per heavy atom. The van der Waals surface area contributed by atoms with Gasteiger partial charge in [-0.3, -0.25) is 9.10 Å². The zero-order chi connectivity index (χ0) is 29.9. The van der Waals surface area contributed by atoms with Gasteiger partial charge in [0.1, 0.15) is 5.75 Å². The standard InChI is InChI=1S/C30H34ClN3O6S2/c1-2-40-26-12-16-28(17-13-26)42(38,39)34(25-6-4-3-5-7-25)21-30(35)32-24-11-8-22-18-19-33(29(22)20-24)41(36,37)27-14-9-23(31)10-15-27/h8-17,20,25H,2-7,18-19,21H2,1H3,(H,32,35). The quantitative estimate of drug-likeness (QED) is 0.318. The van der Waals surface area contributed by atoms with Crippen molar-refractivity contribution in [3.05, 3.63) is 77.3 Å². The third kappa shape index (κ3) is 6.44. The summed E-state index contributed by atoms with van der Waals surface area (Å²) in [6, 6.07) is 17.1. The van der Waals surface area contributed by atoms with Crippen LogP contribution >= 0.6 is 11.6 Å². The molecule has 1 aliphatic carbocycles. The molecule has 3 aromatic rings. The first-order chi connectivity index (χ1) is 20.1. The number of ether oxygens (including phenoxy) is 1. The van der Waals surface area contributed by atoms with Crippen molar-refractivity contribution in [2.45, 2.75) is 61.3 Å². The van der Waals surface area contributed by atoms with Crippen molar-refractivity contribution in [3.8, 4) is 5.75 Å². The van der Waals surface area contributed by atoms with E-state index in [4.69, 9.17) is 16.3 Å². The first-order valence-corrected chi connectivity index (χ1v) is 17.3. The van der Waals surface area contributed by atoms with Gasteiger partial charge in [-0.1, -0.05) is 36.9 Å². The predicted molar refractivity (Wildman–Crippen MR) is 163 cm³/mol. The molecule has 42 heavy (non-hydrogen) atoms. The molecule has 224 valence electrons. The van der Waals surface area contributed by atoms with Crippen molar-refractivity contribution in [1.82, 2.24) is 4.31 Å². The van der Waals surface area contributed by atoms with Crippen LogP contribution in [0.3, 0.4) is 0 Å². The average Bonchev–Trinajstić information content (AvgIpc) is 3.41. The molecule has 12 heteroatoms. The van der Waals surface area contributed by atoms with Crippen LogP contribution in [0.1, 0.15) is 44.6 Å². The summed E-state index contributed by atoms with van der Waals surface area (Å²) in [6.07, 6.45) is 4.71. The summed E-state index contributed by atoms with van der Waals surface area (Å²) in [5.74, 6) is 0.0716. The number of rotatable bonds is 10. The second-order valence-electron chi connectivity index (χ2n) is 10.4. The number of benzene rings is 3. The van der Waals surface area contributed by atoms with Crippen LogP contribution in [-0.4, -0.2) is 52.8 Å². The molecular formula is C30H34ClN3O6S2. The summed E-state index contributed by atoms with van der Waals surface area (Å²) in [5, 5.41) is 3.24. The van der Waals surface area contributed by atoms with E-state index >= 15 is 0 Å². The van der Waals surface area contributed by atoms with Crippen LogP contribution in [0.15, 0.2) is 76.5 Å². The molecule has 1 N–H and O–H groups in total. The Bertz CT molecular complexity index is 1640. The minimum Gasteiger partial charge on any atom is -0.494 e. The summed E-state index contributed by atoms with van der Waals surface area (Å²) in [5.41, 5.74) is 1.71. The number of hydrogen-bond acceptors (Lipinski definition) is 6. The molecule has 3 aromatic carbocycles. The van der Waals surface area contributed by atoms with Crippen LogP contribution in [-0.2, 0) is 31.3 Å². The zero-order valence-electron chi connectivity index (χ0n) is 23.3. The Morgan fingerprint density at radius 1 is 0.952 bits per heavy atom. The molecule has 2 aliphatic rings. The molecule has 1 heterocycles. The fourth-order valence-electron chi connectivity index (χ4n) is 5.54. The van der Waals surface area contributed by atoms with Crippen LogP contribution < -0.4 is 14.4 Å². The monoisotopic (exact) mass is 631 g/mol. The highest BCUT2D eigenvalue weighted by atomic mass is 35.5. The zero-order valence-corrected chi connectivity index (χ0v) is 25.7. The summed E-state index contributed by atoms with van der Waals surface area (Å²) >= 11 is 5.94. The number of sulfonamides is 2. The van der Waals surface area contributed by atoms with E-state index in [9.17, 15) is 21.6 Å². The Morgan fingerprint density at radius 3 is 2.29 bits per heavy atom. The maximum atomic E-state index is 13.8. The molecule has 1 fully saturated rings. The molecule has 1 saturated carbocycles. The van der Waals surface area contributed by atoms with Gasteiger partial charge in [0.2, 0.25) is 15.9 Å². The lowest BCUT2D eigenvalue weighted by Gasteiger charge is -2.33. The highest BCUT2D eigenvalue weighted by molar-refractivity contribution is 7.92. The number of carbonyl (C=O) groups is 1. The van der Waals surface area contributed by atoms with Crippen LogP contribution in [0.2, 0.25) is 5.02 Å². The van der Waals surface area contributed by atoms with Gasteiger partial charge in [0.05, 0.1) is 28.6 Å². The van der Waals surface area contributed by atoms with E-state index in [1.54, 1.807) is 30.3 Å². The number of fused-ring (bicyclic) bond motifs is 1. The Balaban J connectivity index is 1.36. The average molecular weight is 632 g/mol. The van der Waals surface area contributed by atoms with Gasteiger partial charge in [0, 0.05) is 23.3 Å². The molecule has 9 nitrogen and oxygen atoms in total. The lowest BCUT2D eigenvalue weighted by molar-refractivity contribution is -0.116. The van der Waals surface area contributed by atoms with Gasteiger partial charge < -0.3 is 10.1 Å². The largest absolute Gasteiger partial charge is 0.494 e. The van der Waals surface area contributed by atoms with E-state index in [0.29, 0.717) is 48.0 Å². The summed E-state index contributed by atoms with van der Waals surface area (Å²) in [4.78, 5) is 13.6. The number of hydrogen-bond donors (Lipinski definition) is 1. The van der Waals surface area contributed by atoms with Gasteiger partial charge in [-0.05, 0) is 92.4 Å². The number of nitrogens with one attached hydrogen (secondary N) is 1. The molecule has 0 aromatic heterocycles. The SMILES string of the molecule is CCOc1ccc(S(=O)(=O)N(CC(=O)Nc2ccc3c(c2)N(S(=O)(=O)c2ccc(Cl)cc2)CC3)C2CCCCC2)cc1. The third-order valence-corrected chi connectivity index (χ3v) is 11.6. The minimum absolute atomic E-state index is 0.102. The Kier molecular flexibility index (Phi) is 9.12. The molecule has 0 unspecified atom stereocenters. The van der Waals surface area contributed by atoms with Crippen LogP contribution in [0, 0.1) is 0 Å². The maximum absolute atomic E-state index is 13.8. The van der Waals surface area contributed by atoms with E-state index in [2.05, 4.69) is 5.32 Å². The van der Waals surface area contributed by atoms with Crippen LogP contribution in [0.5, 0.6) is 5.75 Å². The maximum Gasteiger partial charge on any atom is 0.264 e. The summed E-state index contributed by atoms with van der Waals surface area (Å²) in [7, 11) is -7.81. The normalized spacial score (nSPS) is 15.9. The topological polar surface area (TPSA) is 113 Å². The Labute approximate surface area is 252 Å². The fourth-order valence-corrected chi connectivity index (χ4v) is 8.80. The second-order valence-corrected chi connectivity index (χ2v) is 14.6. The van der Waals surface area contributed by atoms with Crippen LogP contribution in [0.25, 0.3) is 0 Å². The van der Waals surface area contributed by atoms with E-state index < -0.39 is 26.0 Å². The molecule has 0 radical (unpaired) electrons. The van der Waals surface area contributed by atoms with Crippen molar-refractivity contribution in [2.75, 3.05) is 29.3 Å². The molecule has 1 aliphatic heterocycles. The smallest absolute Gasteiger partial charge is 0.264 e. The molecule has 0 atom stereocenters. The fraction of sp³-hybridized carbons (Fsp3) is 0.367. The van der Waals surface area contributed by atoms with Crippen molar-refractivity contribution >= 4 is 48.9 Å². The molecule has 0 spiro atoms. The number of carbonyl (C=O) groups excluding carboxylic acids is 1. The minimum atomic E-state index is -3.97. The lowest BCUT2D eigenvalue weighted by atomic mass is 9.95. The van der Waals surface area contributed by atoms with Gasteiger partial charge in [0.15, 0.2) is 0 Å². The second kappa shape index (κ2) is 12.6. The highest BCUT2D eigenvalue weighted by Gasteiger charge is 2.35. The lowest BCUT2D eigenvalue weighted by Crippen LogP contribution is -2.45. The molecule has 5 rings (SSSR count). The number of halogens is 1. The van der Waals surface area contributed by atoms with Crippen LogP contribution in [0.4, 0.5) is 11.4 Å². The van der Waals surface area contributed by atoms with Gasteiger partial charge >= 0.3 is 0 Å². The van der Waals surface area contributed by atoms with E-state index in [1.165, 1.54) is 45.0 Å². The molecule has 0 saturated heterocycles. The molecule has 1 amide bonds. The Hall–Kier alpha value is -3.12. The van der Waals surface area contributed by atoms with Gasteiger partial charge in [-0.25, -0.2) is 16.8 Å². The van der Waals surface area contributed by atoms with Crippen molar-refractivity contribution in [2.24, 2.45) is 0 Å². The van der Waals surface area contributed by atoms with Crippen molar-refractivity contribution in [3.63, 3.8) is 0 Å². The number of anilines is 2. The first-order valence-electron chi connectivity index (χ1n) is 14.1. The van der Waals surface area contributed by atoms with Gasteiger partial charge in [0.25, 0.3) is 10.0 Å². The van der Waals surface area contributed by atoms with Gasteiger partial charge in [-0.2, -0.15) is 4.31 Å².